The lowest BCUT2D eigenvalue weighted by atomic mass is 9.99. The lowest BCUT2D eigenvalue weighted by Crippen LogP contribution is -2.12. The van der Waals surface area contributed by atoms with Crippen LogP contribution in [0.2, 0.25) is 5.02 Å². The van der Waals surface area contributed by atoms with Gasteiger partial charge in [-0.15, -0.1) is 0 Å². The smallest absolute Gasteiger partial charge is 0.306 e. The summed E-state index contributed by atoms with van der Waals surface area (Å²) in [6.45, 7) is 1.71. The van der Waals surface area contributed by atoms with Crippen LogP contribution >= 0.6 is 11.6 Å². The highest BCUT2D eigenvalue weighted by molar-refractivity contribution is 6.31. The summed E-state index contributed by atoms with van der Waals surface area (Å²) in [5.74, 6) is -0.483. The van der Waals surface area contributed by atoms with Gasteiger partial charge in [-0.3, -0.25) is 4.79 Å². The summed E-state index contributed by atoms with van der Waals surface area (Å²) < 4.78 is 0. The van der Waals surface area contributed by atoms with E-state index in [1.807, 2.05) is 18.2 Å². The second-order valence-corrected chi connectivity index (χ2v) is 4.98. The lowest BCUT2D eigenvalue weighted by Gasteiger charge is -2.08. The lowest BCUT2D eigenvalue weighted by molar-refractivity contribution is -0.141. The summed E-state index contributed by atoms with van der Waals surface area (Å²) >= 11 is 6.18. The van der Waals surface area contributed by atoms with Crippen molar-refractivity contribution in [3.63, 3.8) is 0 Å². The number of carboxylic acid groups (broad SMARTS) is 1. The molecular weight excluding hydrogens is 224 g/mol. The topological polar surface area (TPSA) is 37.3 Å². The second kappa shape index (κ2) is 4.46. The fourth-order valence-corrected chi connectivity index (χ4v) is 2.22. The average molecular weight is 239 g/mol. The second-order valence-electron chi connectivity index (χ2n) is 4.57. The number of benzene rings is 1. The van der Waals surface area contributed by atoms with E-state index in [-0.39, 0.29) is 5.92 Å². The Hall–Kier alpha value is -1.02. The molecule has 0 aliphatic heterocycles. The Bertz CT molecular complexity index is 410. The summed E-state index contributed by atoms with van der Waals surface area (Å²) in [7, 11) is 0. The zero-order chi connectivity index (χ0) is 11.7. The molecule has 1 saturated carbocycles. The Labute approximate surface area is 100 Å². The highest BCUT2D eigenvalue weighted by Gasteiger charge is 2.25. The van der Waals surface area contributed by atoms with E-state index in [4.69, 9.17) is 16.7 Å². The van der Waals surface area contributed by atoms with Crippen molar-refractivity contribution in [2.45, 2.75) is 32.1 Å². The molecule has 1 aliphatic carbocycles. The van der Waals surface area contributed by atoms with Crippen LogP contribution < -0.4 is 0 Å². The molecule has 0 heterocycles. The van der Waals surface area contributed by atoms with Gasteiger partial charge in [0.2, 0.25) is 0 Å². The minimum absolute atomic E-state index is 0.358. The Morgan fingerprint density at radius 1 is 1.56 bits per heavy atom. The number of aliphatic carboxylic acids is 1. The predicted molar refractivity (Wildman–Crippen MR) is 63.9 cm³/mol. The molecule has 2 rings (SSSR count). The van der Waals surface area contributed by atoms with Crippen LogP contribution in [0.5, 0.6) is 0 Å². The first kappa shape index (κ1) is 11.5. The van der Waals surface area contributed by atoms with Crippen molar-refractivity contribution in [2.75, 3.05) is 0 Å². The van der Waals surface area contributed by atoms with Crippen molar-refractivity contribution in [1.29, 1.82) is 0 Å². The number of hydrogen-bond donors (Lipinski definition) is 1. The highest BCUT2D eigenvalue weighted by atomic mass is 35.5. The molecule has 16 heavy (non-hydrogen) atoms. The molecule has 86 valence electrons. The first-order valence-corrected chi connectivity index (χ1v) is 5.97. The first-order chi connectivity index (χ1) is 7.58. The van der Waals surface area contributed by atoms with E-state index in [0.29, 0.717) is 12.3 Å². The molecule has 1 unspecified atom stereocenters. The zero-order valence-corrected chi connectivity index (χ0v) is 10.00. The van der Waals surface area contributed by atoms with Crippen molar-refractivity contribution < 1.29 is 9.90 Å². The zero-order valence-electron chi connectivity index (χ0n) is 9.24. The highest BCUT2D eigenvalue weighted by Crippen LogP contribution is 2.43. The molecule has 1 atom stereocenters. The van der Waals surface area contributed by atoms with Gasteiger partial charge in [-0.05, 0) is 42.4 Å². The van der Waals surface area contributed by atoms with Gasteiger partial charge in [0.25, 0.3) is 0 Å². The van der Waals surface area contributed by atoms with Gasteiger partial charge in [0.05, 0.1) is 5.92 Å². The van der Waals surface area contributed by atoms with E-state index in [9.17, 15) is 4.79 Å². The van der Waals surface area contributed by atoms with Gasteiger partial charge in [-0.25, -0.2) is 0 Å². The molecule has 0 amide bonds. The monoisotopic (exact) mass is 238 g/mol. The van der Waals surface area contributed by atoms with E-state index >= 15 is 0 Å². The maximum Gasteiger partial charge on any atom is 0.306 e. The summed E-state index contributed by atoms with van der Waals surface area (Å²) in [6.07, 6.45) is 3.00. The van der Waals surface area contributed by atoms with Gasteiger partial charge < -0.3 is 5.11 Å². The summed E-state index contributed by atoms with van der Waals surface area (Å²) in [5, 5.41) is 9.62. The van der Waals surface area contributed by atoms with Crippen LogP contribution in [0.1, 0.15) is 36.8 Å². The fraction of sp³-hybridized carbons (Fsp3) is 0.462. The van der Waals surface area contributed by atoms with Gasteiger partial charge >= 0.3 is 5.97 Å². The summed E-state index contributed by atoms with van der Waals surface area (Å²) in [4.78, 5) is 10.7. The maximum atomic E-state index is 10.7. The molecule has 1 N–H and O–H groups in total. The minimum Gasteiger partial charge on any atom is -0.481 e. The quantitative estimate of drug-likeness (QED) is 0.872. The van der Waals surface area contributed by atoms with Crippen LogP contribution in [-0.2, 0) is 11.2 Å². The van der Waals surface area contributed by atoms with Crippen LogP contribution in [-0.4, -0.2) is 11.1 Å². The molecule has 3 heteroatoms. The molecule has 0 radical (unpaired) electrons. The SMILES string of the molecule is CC(Cc1ccc(C2CC2)c(Cl)c1)C(=O)O. The maximum absolute atomic E-state index is 10.7. The average Bonchev–Trinajstić information content (AvgIpc) is 3.01. The molecule has 2 nitrogen and oxygen atoms in total. The third-order valence-corrected chi connectivity index (χ3v) is 3.37. The molecule has 1 aliphatic rings. The summed E-state index contributed by atoms with van der Waals surface area (Å²) in [6, 6.07) is 5.96. The van der Waals surface area contributed by atoms with Crippen molar-refractivity contribution in [1.82, 2.24) is 0 Å². The summed E-state index contributed by atoms with van der Waals surface area (Å²) in [5.41, 5.74) is 2.22. The normalized spacial score (nSPS) is 17.1. The molecular formula is C13H15ClO2. The number of halogens is 1. The van der Waals surface area contributed by atoms with Gasteiger partial charge in [0.1, 0.15) is 0 Å². The molecule has 0 aromatic heterocycles. The number of rotatable bonds is 4. The Kier molecular flexibility index (Phi) is 3.20. The van der Waals surface area contributed by atoms with Crippen molar-refractivity contribution in [3.05, 3.63) is 34.3 Å². The van der Waals surface area contributed by atoms with E-state index in [1.165, 1.54) is 18.4 Å². The predicted octanol–water partition coefficient (Wildman–Crippen LogP) is 3.48. The third kappa shape index (κ3) is 2.56. The number of carboxylic acids is 1. The molecule has 0 saturated heterocycles. The van der Waals surface area contributed by atoms with Gasteiger partial charge in [0.15, 0.2) is 0 Å². The molecule has 1 aromatic rings. The Morgan fingerprint density at radius 3 is 2.75 bits per heavy atom. The Morgan fingerprint density at radius 2 is 2.25 bits per heavy atom. The van der Waals surface area contributed by atoms with Crippen LogP contribution in [0.25, 0.3) is 0 Å². The van der Waals surface area contributed by atoms with Gasteiger partial charge in [-0.2, -0.15) is 0 Å². The van der Waals surface area contributed by atoms with E-state index in [2.05, 4.69) is 0 Å². The van der Waals surface area contributed by atoms with Gasteiger partial charge in [0, 0.05) is 5.02 Å². The molecule has 1 fully saturated rings. The van der Waals surface area contributed by atoms with Crippen LogP contribution in [0, 0.1) is 5.92 Å². The minimum atomic E-state index is -0.762. The standard InChI is InChI=1S/C13H15ClO2/c1-8(13(15)16)6-9-2-5-11(10-3-4-10)12(14)7-9/h2,5,7-8,10H,3-4,6H2,1H3,(H,15,16). The van der Waals surface area contributed by atoms with Crippen molar-refractivity contribution >= 4 is 17.6 Å². The van der Waals surface area contributed by atoms with Crippen LogP contribution in [0.4, 0.5) is 0 Å². The first-order valence-electron chi connectivity index (χ1n) is 5.59. The van der Waals surface area contributed by atoms with Crippen LogP contribution in [0.3, 0.4) is 0 Å². The van der Waals surface area contributed by atoms with E-state index in [0.717, 1.165) is 10.6 Å². The number of hydrogen-bond acceptors (Lipinski definition) is 1. The van der Waals surface area contributed by atoms with E-state index in [1.54, 1.807) is 6.92 Å². The fourth-order valence-electron chi connectivity index (χ4n) is 1.86. The van der Waals surface area contributed by atoms with E-state index < -0.39 is 5.97 Å². The Balaban J connectivity index is 2.11. The molecule has 0 bridgehead atoms. The molecule has 0 spiro atoms. The van der Waals surface area contributed by atoms with Crippen LogP contribution in [0.15, 0.2) is 18.2 Å². The number of carbonyl (C=O) groups is 1. The van der Waals surface area contributed by atoms with Crippen molar-refractivity contribution in [3.8, 4) is 0 Å². The molecule has 1 aromatic carbocycles. The third-order valence-electron chi connectivity index (χ3n) is 3.05. The largest absolute Gasteiger partial charge is 0.481 e. The van der Waals surface area contributed by atoms with Gasteiger partial charge in [-0.1, -0.05) is 30.7 Å². The van der Waals surface area contributed by atoms with Crippen molar-refractivity contribution in [2.24, 2.45) is 5.92 Å².